The first kappa shape index (κ1) is 17.9. The highest BCUT2D eigenvalue weighted by molar-refractivity contribution is 6.03. The highest BCUT2D eigenvalue weighted by Crippen LogP contribution is 2.24. The molecule has 4 heteroatoms. The Balaban J connectivity index is 2.22. The topological polar surface area (TPSA) is 54.5 Å². The summed E-state index contributed by atoms with van der Waals surface area (Å²) in [5.41, 5.74) is 0. The van der Waals surface area contributed by atoms with E-state index in [1.165, 1.54) is 4.90 Å². The van der Waals surface area contributed by atoms with Gasteiger partial charge in [0.2, 0.25) is 11.8 Å². The number of amides is 2. The molecule has 0 aliphatic carbocycles. The largest absolute Gasteiger partial charge is 0.299 e. The van der Waals surface area contributed by atoms with Gasteiger partial charge in [-0.05, 0) is 25.7 Å². The molecular weight excluding hydrogens is 266 g/mol. The molecule has 0 aromatic heterocycles. The van der Waals surface area contributed by atoms with Crippen LogP contribution in [-0.2, 0) is 14.4 Å². The zero-order valence-corrected chi connectivity index (χ0v) is 13.7. The summed E-state index contributed by atoms with van der Waals surface area (Å²) >= 11 is 0. The Bertz CT molecular complexity index is 378. The molecule has 1 heterocycles. The number of imide groups is 1. The van der Waals surface area contributed by atoms with Crippen LogP contribution >= 0.6 is 0 Å². The summed E-state index contributed by atoms with van der Waals surface area (Å²) in [6.07, 6.45) is 6.22. The molecule has 1 saturated heterocycles. The van der Waals surface area contributed by atoms with Crippen molar-refractivity contribution >= 4 is 17.6 Å². The van der Waals surface area contributed by atoms with Crippen molar-refractivity contribution in [2.75, 3.05) is 6.54 Å². The third-order valence-corrected chi connectivity index (χ3v) is 4.44. The van der Waals surface area contributed by atoms with E-state index in [-0.39, 0.29) is 23.7 Å². The molecule has 0 spiro atoms. The Morgan fingerprint density at radius 2 is 1.95 bits per heavy atom. The molecule has 0 aromatic carbocycles. The molecule has 2 unspecified atom stereocenters. The lowest BCUT2D eigenvalue weighted by Crippen LogP contribution is -2.31. The highest BCUT2D eigenvalue weighted by atomic mass is 16.2. The van der Waals surface area contributed by atoms with E-state index in [1.54, 1.807) is 0 Å². The van der Waals surface area contributed by atoms with E-state index < -0.39 is 0 Å². The molecule has 1 aliphatic heterocycles. The summed E-state index contributed by atoms with van der Waals surface area (Å²) in [5.74, 6) is 0.386. The number of hydrogen-bond donors (Lipinski definition) is 0. The molecule has 2 atom stereocenters. The van der Waals surface area contributed by atoms with E-state index in [4.69, 9.17) is 0 Å². The first-order valence-electron chi connectivity index (χ1n) is 8.38. The van der Waals surface area contributed by atoms with Gasteiger partial charge in [0.15, 0.2) is 0 Å². The predicted octanol–water partition coefficient (Wildman–Crippen LogP) is 3.34. The molecule has 1 aliphatic rings. The maximum Gasteiger partial charge on any atom is 0.232 e. The van der Waals surface area contributed by atoms with Crippen LogP contribution in [0.1, 0.15) is 72.1 Å². The zero-order chi connectivity index (χ0) is 15.8. The minimum atomic E-state index is -0.0884. The second-order valence-electron chi connectivity index (χ2n) is 6.16. The summed E-state index contributed by atoms with van der Waals surface area (Å²) in [6, 6.07) is 0. The van der Waals surface area contributed by atoms with Crippen molar-refractivity contribution in [3.63, 3.8) is 0 Å². The van der Waals surface area contributed by atoms with Crippen LogP contribution in [0.25, 0.3) is 0 Å². The van der Waals surface area contributed by atoms with Crippen LogP contribution in [0.15, 0.2) is 0 Å². The number of likely N-dealkylation sites (tertiary alicyclic amines) is 1. The van der Waals surface area contributed by atoms with Crippen LogP contribution in [0.2, 0.25) is 0 Å². The lowest BCUT2D eigenvalue weighted by atomic mass is 9.99. The molecule has 0 saturated carbocycles. The van der Waals surface area contributed by atoms with Gasteiger partial charge in [0.05, 0.1) is 0 Å². The summed E-state index contributed by atoms with van der Waals surface area (Å²) in [6.45, 7) is 6.56. The number of carbonyl (C=O) groups is 3. The van der Waals surface area contributed by atoms with Crippen LogP contribution in [0.4, 0.5) is 0 Å². The lowest BCUT2D eigenvalue weighted by molar-refractivity contribution is -0.139. The Morgan fingerprint density at radius 3 is 2.57 bits per heavy atom. The van der Waals surface area contributed by atoms with Gasteiger partial charge in [0.25, 0.3) is 0 Å². The van der Waals surface area contributed by atoms with Gasteiger partial charge in [-0.2, -0.15) is 0 Å². The van der Waals surface area contributed by atoms with Gasteiger partial charge in [-0.25, -0.2) is 0 Å². The smallest absolute Gasteiger partial charge is 0.232 e. The number of rotatable bonds is 10. The molecule has 0 bridgehead atoms. The molecule has 0 N–H and O–H groups in total. The van der Waals surface area contributed by atoms with E-state index in [9.17, 15) is 14.4 Å². The fourth-order valence-electron chi connectivity index (χ4n) is 2.78. The standard InChI is InChI=1S/C17H29NO3/c1-4-9-14-12-16(20)18(17(14)21)11-8-6-7-10-15(19)13(3)5-2/h13-14H,4-12H2,1-3H3. The van der Waals surface area contributed by atoms with E-state index in [2.05, 4.69) is 0 Å². The molecule has 120 valence electrons. The van der Waals surface area contributed by atoms with Crippen molar-refractivity contribution in [1.29, 1.82) is 0 Å². The normalized spacial score (nSPS) is 20.1. The van der Waals surface area contributed by atoms with E-state index in [0.29, 0.717) is 25.2 Å². The fourth-order valence-corrected chi connectivity index (χ4v) is 2.78. The van der Waals surface area contributed by atoms with Crippen LogP contribution in [0.5, 0.6) is 0 Å². The van der Waals surface area contributed by atoms with Gasteiger partial charge in [-0.15, -0.1) is 0 Å². The van der Waals surface area contributed by atoms with Gasteiger partial charge in [0.1, 0.15) is 5.78 Å². The van der Waals surface area contributed by atoms with Crippen molar-refractivity contribution < 1.29 is 14.4 Å². The molecule has 21 heavy (non-hydrogen) atoms. The third kappa shape index (κ3) is 5.25. The molecule has 4 nitrogen and oxygen atoms in total. The predicted molar refractivity (Wildman–Crippen MR) is 82.7 cm³/mol. The molecule has 0 radical (unpaired) electrons. The van der Waals surface area contributed by atoms with Gasteiger partial charge in [-0.3, -0.25) is 19.3 Å². The second kappa shape index (κ2) is 8.96. The number of carbonyl (C=O) groups excluding carboxylic acids is 3. The average Bonchev–Trinajstić information content (AvgIpc) is 2.73. The quantitative estimate of drug-likeness (QED) is 0.459. The highest BCUT2D eigenvalue weighted by Gasteiger charge is 2.37. The van der Waals surface area contributed by atoms with Crippen LogP contribution in [-0.4, -0.2) is 29.0 Å². The average molecular weight is 295 g/mol. The maximum absolute atomic E-state index is 12.1. The van der Waals surface area contributed by atoms with Gasteiger partial charge in [0, 0.05) is 31.2 Å². The lowest BCUT2D eigenvalue weighted by Gasteiger charge is -2.14. The minimum absolute atomic E-state index is 0.0116. The van der Waals surface area contributed by atoms with Crippen LogP contribution in [0.3, 0.4) is 0 Å². The van der Waals surface area contributed by atoms with E-state index >= 15 is 0 Å². The fraction of sp³-hybridized carbons (Fsp3) is 0.824. The summed E-state index contributed by atoms with van der Waals surface area (Å²) in [7, 11) is 0. The first-order chi connectivity index (χ1) is 10.0. The number of Topliss-reactive ketones (excluding diaryl/α,β-unsaturated/α-hetero) is 1. The summed E-state index contributed by atoms with van der Waals surface area (Å²) in [4.78, 5) is 37.0. The summed E-state index contributed by atoms with van der Waals surface area (Å²) < 4.78 is 0. The minimum Gasteiger partial charge on any atom is -0.299 e. The molecular formula is C17H29NO3. The Hall–Kier alpha value is -1.19. The number of unbranched alkanes of at least 4 members (excludes halogenated alkanes) is 2. The molecule has 1 fully saturated rings. The van der Waals surface area contributed by atoms with Crippen LogP contribution < -0.4 is 0 Å². The van der Waals surface area contributed by atoms with Crippen LogP contribution in [0, 0.1) is 11.8 Å². The van der Waals surface area contributed by atoms with E-state index in [1.807, 2.05) is 20.8 Å². The monoisotopic (exact) mass is 295 g/mol. The molecule has 1 rings (SSSR count). The SMILES string of the molecule is CCCC1CC(=O)N(CCCCCC(=O)C(C)CC)C1=O. The molecule has 2 amide bonds. The molecule has 0 aromatic rings. The Morgan fingerprint density at radius 1 is 1.24 bits per heavy atom. The number of nitrogens with zero attached hydrogens (tertiary/aromatic N) is 1. The Labute approximate surface area is 128 Å². The summed E-state index contributed by atoms with van der Waals surface area (Å²) in [5, 5.41) is 0. The third-order valence-electron chi connectivity index (χ3n) is 4.44. The van der Waals surface area contributed by atoms with Gasteiger partial charge in [-0.1, -0.05) is 33.6 Å². The van der Waals surface area contributed by atoms with Crippen molar-refractivity contribution in [1.82, 2.24) is 4.90 Å². The van der Waals surface area contributed by atoms with E-state index in [0.717, 1.165) is 38.5 Å². The zero-order valence-electron chi connectivity index (χ0n) is 13.7. The van der Waals surface area contributed by atoms with Crippen molar-refractivity contribution in [2.45, 2.75) is 72.1 Å². The second-order valence-corrected chi connectivity index (χ2v) is 6.16. The number of ketones is 1. The van der Waals surface area contributed by atoms with Crippen molar-refractivity contribution in [3.05, 3.63) is 0 Å². The van der Waals surface area contributed by atoms with Gasteiger partial charge >= 0.3 is 0 Å². The Kier molecular flexibility index (Phi) is 7.62. The van der Waals surface area contributed by atoms with Crippen molar-refractivity contribution in [2.24, 2.45) is 11.8 Å². The van der Waals surface area contributed by atoms with Crippen molar-refractivity contribution in [3.8, 4) is 0 Å². The number of hydrogen-bond acceptors (Lipinski definition) is 3. The maximum atomic E-state index is 12.1. The van der Waals surface area contributed by atoms with Gasteiger partial charge < -0.3 is 0 Å². The first-order valence-corrected chi connectivity index (χ1v) is 8.38.